The van der Waals surface area contributed by atoms with Crippen LogP contribution < -0.4 is 5.32 Å². The second-order valence-electron chi connectivity index (χ2n) is 5.14. The van der Waals surface area contributed by atoms with Crippen LogP contribution in [0.3, 0.4) is 0 Å². The monoisotopic (exact) mass is 304 g/mol. The summed E-state index contributed by atoms with van der Waals surface area (Å²) in [5.74, 6) is -0.342. The largest absolute Gasteiger partial charge is 0.480 e. The third-order valence-electron chi connectivity index (χ3n) is 3.71. The molecule has 3 rings (SSSR count). The summed E-state index contributed by atoms with van der Waals surface area (Å²) in [6.07, 6.45) is 1.70. The van der Waals surface area contributed by atoms with E-state index in [1.807, 2.05) is 6.92 Å². The van der Waals surface area contributed by atoms with Crippen LogP contribution in [0.4, 0.5) is 5.82 Å². The number of fused-ring (bicyclic) bond motifs is 1. The molecule has 1 amide bonds. The van der Waals surface area contributed by atoms with Crippen LogP contribution in [0.5, 0.6) is 0 Å². The number of anilines is 1. The molecule has 0 bridgehead atoms. The molecule has 0 aliphatic carbocycles. The fraction of sp³-hybridized carbons (Fsp3) is 0.462. The average Bonchev–Trinajstić information content (AvgIpc) is 3.03. The summed E-state index contributed by atoms with van der Waals surface area (Å²) in [4.78, 5) is 27.3. The second kappa shape index (κ2) is 5.24. The van der Waals surface area contributed by atoms with Crippen molar-refractivity contribution in [2.75, 3.05) is 5.32 Å². The molecule has 2 aromatic heterocycles. The van der Waals surface area contributed by atoms with Gasteiger partial charge in [0.15, 0.2) is 0 Å². The third-order valence-corrected chi connectivity index (χ3v) is 3.71. The van der Waals surface area contributed by atoms with Crippen LogP contribution in [0, 0.1) is 6.92 Å². The van der Waals surface area contributed by atoms with E-state index in [4.69, 9.17) is 5.11 Å². The number of carboxylic acids is 1. The molecule has 3 heterocycles. The average molecular weight is 304 g/mol. The topological polar surface area (TPSA) is 115 Å². The normalized spacial score (nSPS) is 17.2. The number of nitrogens with one attached hydrogen (secondary N) is 1. The molecule has 0 unspecified atom stereocenters. The summed E-state index contributed by atoms with van der Waals surface area (Å²) >= 11 is 0. The Morgan fingerprint density at radius 2 is 2.27 bits per heavy atom. The van der Waals surface area contributed by atoms with Crippen molar-refractivity contribution in [2.24, 2.45) is 0 Å². The smallest absolute Gasteiger partial charge is 0.325 e. The minimum Gasteiger partial charge on any atom is -0.480 e. The Hall–Kier alpha value is -2.71. The van der Waals surface area contributed by atoms with E-state index in [1.54, 1.807) is 11.6 Å². The fourth-order valence-electron chi connectivity index (χ4n) is 2.86. The SMILES string of the molecule is CCn1ncnc1[C@@H]1CC(=O)Nc2c1c(C)nn2CC(=O)O. The first-order chi connectivity index (χ1) is 10.5. The lowest BCUT2D eigenvalue weighted by Crippen LogP contribution is -2.27. The Morgan fingerprint density at radius 3 is 2.95 bits per heavy atom. The highest BCUT2D eigenvalue weighted by atomic mass is 16.4. The van der Waals surface area contributed by atoms with E-state index in [-0.39, 0.29) is 24.8 Å². The highest BCUT2D eigenvalue weighted by molar-refractivity contribution is 5.94. The highest BCUT2D eigenvalue weighted by Gasteiger charge is 2.35. The minimum atomic E-state index is -1.02. The lowest BCUT2D eigenvalue weighted by atomic mass is 9.91. The molecule has 22 heavy (non-hydrogen) atoms. The molecular weight excluding hydrogens is 288 g/mol. The first-order valence-corrected chi connectivity index (χ1v) is 6.97. The molecule has 2 aromatic rings. The standard InChI is InChI=1S/C13H16N6O3/c1-3-18-12(14-6-15-18)8-4-9(20)16-13-11(8)7(2)17-19(13)5-10(21)22/h6,8H,3-5H2,1-2H3,(H,16,20)(H,21,22)/t8-/m1/s1. The molecule has 0 saturated heterocycles. The lowest BCUT2D eigenvalue weighted by molar-refractivity contribution is -0.137. The van der Waals surface area contributed by atoms with Crippen LogP contribution in [0.15, 0.2) is 6.33 Å². The van der Waals surface area contributed by atoms with Gasteiger partial charge in [-0.25, -0.2) is 14.3 Å². The molecule has 0 spiro atoms. The van der Waals surface area contributed by atoms with Crippen LogP contribution in [-0.4, -0.2) is 41.5 Å². The second-order valence-corrected chi connectivity index (χ2v) is 5.14. The molecule has 0 saturated carbocycles. The van der Waals surface area contributed by atoms with E-state index in [0.29, 0.717) is 23.9 Å². The molecule has 0 radical (unpaired) electrons. The summed E-state index contributed by atoms with van der Waals surface area (Å²) in [6.45, 7) is 4.09. The van der Waals surface area contributed by atoms with Gasteiger partial charge in [0.2, 0.25) is 5.91 Å². The van der Waals surface area contributed by atoms with E-state index < -0.39 is 5.97 Å². The molecule has 1 aliphatic rings. The third kappa shape index (κ3) is 2.24. The van der Waals surface area contributed by atoms with Gasteiger partial charge in [0.25, 0.3) is 0 Å². The number of rotatable bonds is 4. The number of carboxylic acid groups (broad SMARTS) is 1. The van der Waals surface area contributed by atoms with Crippen molar-refractivity contribution in [1.29, 1.82) is 0 Å². The van der Waals surface area contributed by atoms with Crippen LogP contribution in [0.25, 0.3) is 0 Å². The number of hydrogen-bond donors (Lipinski definition) is 2. The van der Waals surface area contributed by atoms with Gasteiger partial charge in [0.1, 0.15) is 24.5 Å². The van der Waals surface area contributed by atoms with Crippen LogP contribution in [0.1, 0.15) is 36.3 Å². The summed E-state index contributed by atoms with van der Waals surface area (Å²) < 4.78 is 3.05. The number of aromatic nitrogens is 5. The molecular formula is C13H16N6O3. The summed E-state index contributed by atoms with van der Waals surface area (Å²) in [7, 11) is 0. The van der Waals surface area contributed by atoms with Gasteiger partial charge in [0, 0.05) is 18.5 Å². The Labute approximate surface area is 126 Å². The van der Waals surface area contributed by atoms with Crippen molar-refractivity contribution < 1.29 is 14.7 Å². The minimum absolute atomic E-state index is 0.185. The van der Waals surface area contributed by atoms with Crippen molar-refractivity contribution in [3.8, 4) is 0 Å². The Morgan fingerprint density at radius 1 is 1.50 bits per heavy atom. The molecule has 1 atom stereocenters. The van der Waals surface area contributed by atoms with Crippen molar-refractivity contribution in [3.05, 3.63) is 23.4 Å². The number of carbonyl (C=O) groups is 2. The van der Waals surface area contributed by atoms with Gasteiger partial charge >= 0.3 is 5.97 Å². The summed E-state index contributed by atoms with van der Waals surface area (Å²) in [6, 6.07) is 0. The van der Waals surface area contributed by atoms with Crippen molar-refractivity contribution in [3.63, 3.8) is 0 Å². The lowest BCUT2D eigenvalue weighted by Gasteiger charge is -2.23. The van der Waals surface area contributed by atoms with Gasteiger partial charge in [-0.1, -0.05) is 0 Å². The van der Waals surface area contributed by atoms with Gasteiger partial charge in [-0.3, -0.25) is 9.59 Å². The zero-order chi connectivity index (χ0) is 15.9. The van der Waals surface area contributed by atoms with E-state index in [9.17, 15) is 9.59 Å². The molecule has 1 aliphatic heterocycles. The van der Waals surface area contributed by atoms with Crippen molar-refractivity contribution in [1.82, 2.24) is 24.5 Å². The molecule has 9 nitrogen and oxygen atoms in total. The van der Waals surface area contributed by atoms with Crippen LogP contribution in [0.2, 0.25) is 0 Å². The van der Waals surface area contributed by atoms with Gasteiger partial charge in [0.05, 0.1) is 11.6 Å². The van der Waals surface area contributed by atoms with Gasteiger partial charge < -0.3 is 10.4 Å². The zero-order valence-electron chi connectivity index (χ0n) is 12.3. The number of aryl methyl sites for hydroxylation is 2. The first kappa shape index (κ1) is 14.2. The fourth-order valence-corrected chi connectivity index (χ4v) is 2.86. The quantitative estimate of drug-likeness (QED) is 0.843. The summed E-state index contributed by atoms with van der Waals surface area (Å²) in [5, 5.41) is 20.1. The Kier molecular flexibility index (Phi) is 3.39. The van der Waals surface area contributed by atoms with E-state index in [1.165, 1.54) is 11.0 Å². The number of nitrogens with zero attached hydrogens (tertiary/aromatic N) is 5. The van der Waals surface area contributed by atoms with E-state index in [2.05, 4.69) is 20.5 Å². The maximum absolute atomic E-state index is 12.0. The zero-order valence-corrected chi connectivity index (χ0v) is 12.3. The predicted octanol–water partition coefficient (Wildman–Crippen LogP) is 0.362. The summed E-state index contributed by atoms with van der Waals surface area (Å²) in [5.41, 5.74) is 1.50. The number of hydrogen-bond acceptors (Lipinski definition) is 5. The number of amides is 1. The highest BCUT2D eigenvalue weighted by Crippen LogP contribution is 2.38. The van der Waals surface area contributed by atoms with E-state index in [0.717, 1.165) is 5.56 Å². The maximum Gasteiger partial charge on any atom is 0.325 e. The molecule has 116 valence electrons. The predicted molar refractivity (Wildman–Crippen MR) is 75.4 cm³/mol. The molecule has 2 N–H and O–H groups in total. The van der Waals surface area contributed by atoms with Crippen molar-refractivity contribution in [2.45, 2.75) is 39.3 Å². The molecule has 9 heteroatoms. The van der Waals surface area contributed by atoms with Gasteiger partial charge in [-0.05, 0) is 13.8 Å². The number of carbonyl (C=O) groups excluding carboxylic acids is 1. The van der Waals surface area contributed by atoms with Gasteiger partial charge in [-0.2, -0.15) is 10.2 Å². The van der Waals surface area contributed by atoms with E-state index >= 15 is 0 Å². The Bertz CT molecular complexity index is 747. The molecule has 0 aromatic carbocycles. The van der Waals surface area contributed by atoms with Crippen molar-refractivity contribution >= 4 is 17.7 Å². The van der Waals surface area contributed by atoms with Crippen LogP contribution >= 0.6 is 0 Å². The number of aliphatic carboxylic acids is 1. The first-order valence-electron chi connectivity index (χ1n) is 6.97. The van der Waals surface area contributed by atoms with Crippen LogP contribution in [-0.2, 0) is 22.7 Å². The molecule has 0 fully saturated rings. The van der Waals surface area contributed by atoms with Gasteiger partial charge in [-0.15, -0.1) is 0 Å². The maximum atomic E-state index is 12.0. The Balaban J connectivity index is 2.12.